The molecule has 5 atom stereocenters. The van der Waals surface area contributed by atoms with Gasteiger partial charge in [0.05, 0.1) is 18.8 Å². The summed E-state index contributed by atoms with van der Waals surface area (Å²) in [5.41, 5.74) is 0. The lowest BCUT2D eigenvalue weighted by Gasteiger charge is -2.45. The quantitative estimate of drug-likeness (QED) is 0.254. The van der Waals surface area contributed by atoms with Gasteiger partial charge in [0.2, 0.25) is 0 Å². The fraction of sp³-hybridized carbons (Fsp3) is 0.818. The lowest BCUT2D eigenvalue weighted by atomic mass is 9.82. The minimum absolute atomic E-state index is 0.0488. The molecule has 1 heterocycles. The Morgan fingerprint density at radius 3 is 1.94 bits per heavy atom. The van der Waals surface area contributed by atoms with Crippen LogP contribution in [0, 0.1) is 5.92 Å². The van der Waals surface area contributed by atoms with E-state index in [2.05, 4.69) is 0 Å². The number of Topliss-reactive ketones (excluding diaryl/α,β-unsaturated/α-hetero) is 1. The van der Waals surface area contributed by atoms with E-state index in [1.807, 2.05) is 13.8 Å². The highest BCUT2D eigenvalue weighted by Gasteiger charge is 2.49. The molecule has 0 aromatic rings. The van der Waals surface area contributed by atoms with Gasteiger partial charge in [0.15, 0.2) is 6.10 Å². The summed E-state index contributed by atoms with van der Waals surface area (Å²) in [5.74, 6) is -1.81. The van der Waals surface area contributed by atoms with Crippen LogP contribution in [0.25, 0.3) is 0 Å². The average Bonchev–Trinajstić information content (AvgIpc) is 2.63. The summed E-state index contributed by atoms with van der Waals surface area (Å²) in [7, 11) is 0. The predicted molar refractivity (Wildman–Crippen MR) is 110 cm³/mol. The molecule has 9 nitrogen and oxygen atoms in total. The maximum Gasteiger partial charge on any atom is 0.303 e. The number of ketones is 1. The topological polar surface area (TPSA) is 114 Å². The summed E-state index contributed by atoms with van der Waals surface area (Å²) >= 11 is 0. The predicted octanol–water partition coefficient (Wildman–Crippen LogP) is 2.37. The van der Waals surface area contributed by atoms with Gasteiger partial charge >= 0.3 is 17.9 Å². The number of esters is 3. The van der Waals surface area contributed by atoms with Gasteiger partial charge in [-0.05, 0) is 33.6 Å². The molecule has 1 rings (SSSR count). The van der Waals surface area contributed by atoms with E-state index in [0.29, 0.717) is 25.7 Å². The lowest BCUT2D eigenvalue weighted by Crippen LogP contribution is -2.59. The van der Waals surface area contributed by atoms with Gasteiger partial charge in [-0.25, -0.2) is 0 Å². The molecule has 31 heavy (non-hydrogen) atoms. The summed E-state index contributed by atoms with van der Waals surface area (Å²) in [6.45, 7) is 9.22. The van der Waals surface area contributed by atoms with Gasteiger partial charge < -0.3 is 28.5 Å². The first-order valence-electron chi connectivity index (χ1n) is 10.8. The molecule has 0 amide bonds. The van der Waals surface area contributed by atoms with Crippen LogP contribution in [0.1, 0.15) is 67.2 Å². The Kier molecular flexibility index (Phi) is 11.7. The third kappa shape index (κ3) is 10.2. The second-order valence-corrected chi connectivity index (χ2v) is 8.16. The van der Waals surface area contributed by atoms with E-state index in [4.69, 9.17) is 23.7 Å². The highest BCUT2D eigenvalue weighted by molar-refractivity contribution is 5.75. The van der Waals surface area contributed by atoms with Gasteiger partial charge in [-0.1, -0.05) is 6.42 Å². The molecule has 0 saturated carbocycles. The van der Waals surface area contributed by atoms with E-state index in [-0.39, 0.29) is 31.0 Å². The molecule has 0 N–H and O–H groups in total. The summed E-state index contributed by atoms with van der Waals surface area (Å²) < 4.78 is 28.1. The van der Waals surface area contributed by atoms with Crippen molar-refractivity contribution in [3.8, 4) is 0 Å². The summed E-state index contributed by atoms with van der Waals surface area (Å²) in [6, 6.07) is 0. The summed E-state index contributed by atoms with van der Waals surface area (Å²) in [5, 5.41) is 0. The molecule has 0 spiro atoms. The van der Waals surface area contributed by atoms with Crippen LogP contribution in [-0.2, 0) is 42.9 Å². The van der Waals surface area contributed by atoms with E-state index in [1.165, 1.54) is 20.8 Å². The molecule has 0 aromatic heterocycles. The molecular formula is C22H36O9. The van der Waals surface area contributed by atoms with Crippen molar-refractivity contribution in [2.75, 3.05) is 13.2 Å². The number of ether oxygens (including phenoxy) is 5. The zero-order valence-electron chi connectivity index (χ0n) is 19.4. The van der Waals surface area contributed by atoms with Crippen LogP contribution < -0.4 is 0 Å². The molecule has 1 aliphatic heterocycles. The van der Waals surface area contributed by atoms with E-state index in [9.17, 15) is 19.2 Å². The van der Waals surface area contributed by atoms with Gasteiger partial charge in [0, 0.05) is 33.1 Å². The maximum atomic E-state index is 11.9. The van der Waals surface area contributed by atoms with Crippen molar-refractivity contribution in [3.05, 3.63) is 0 Å². The normalized spacial score (nSPS) is 25.7. The van der Waals surface area contributed by atoms with Crippen LogP contribution in [0.15, 0.2) is 0 Å². The summed E-state index contributed by atoms with van der Waals surface area (Å²) in [6.07, 6.45) is -0.648. The van der Waals surface area contributed by atoms with Crippen molar-refractivity contribution in [1.29, 1.82) is 0 Å². The Morgan fingerprint density at radius 2 is 1.42 bits per heavy atom. The standard InChI is InChI=1S/C22H36O9/c1-13(2)27-11-19-18(10-8-7-9-14(3)23)21(29-16(5)25)22(30-17(6)26)20(31-19)12-28-15(4)24/h13,18-22H,7-12H2,1-6H3/t18-,19?,20+,21+,22?/m0/s1. The number of hydrogen-bond donors (Lipinski definition) is 0. The number of unbranched alkanes of at least 4 members (excludes halogenated alkanes) is 1. The van der Waals surface area contributed by atoms with Crippen molar-refractivity contribution in [2.24, 2.45) is 5.92 Å². The summed E-state index contributed by atoms with van der Waals surface area (Å²) in [4.78, 5) is 46.3. The van der Waals surface area contributed by atoms with Gasteiger partial charge in [0.1, 0.15) is 24.6 Å². The molecule has 0 aliphatic carbocycles. The molecule has 0 bridgehead atoms. The fourth-order valence-electron chi connectivity index (χ4n) is 3.64. The monoisotopic (exact) mass is 444 g/mol. The van der Waals surface area contributed by atoms with Crippen molar-refractivity contribution < 1.29 is 42.9 Å². The van der Waals surface area contributed by atoms with Crippen molar-refractivity contribution in [3.63, 3.8) is 0 Å². The Bertz CT molecular complexity index is 616. The minimum Gasteiger partial charge on any atom is -0.463 e. The molecule has 1 aliphatic rings. The smallest absolute Gasteiger partial charge is 0.303 e. The highest BCUT2D eigenvalue weighted by Crippen LogP contribution is 2.35. The van der Waals surface area contributed by atoms with Crippen molar-refractivity contribution >= 4 is 23.7 Å². The molecule has 0 aromatic carbocycles. The second-order valence-electron chi connectivity index (χ2n) is 8.16. The first-order valence-corrected chi connectivity index (χ1v) is 10.8. The van der Waals surface area contributed by atoms with E-state index < -0.39 is 42.3 Å². The van der Waals surface area contributed by atoms with Crippen LogP contribution in [0.3, 0.4) is 0 Å². The Hall–Kier alpha value is -2.00. The molecule has 1 fully saturated rings. The van der Waals surface area contributed by atoms with Gasteiger partial charge in [-0.15, -0.1) is 0 Å². The zero-order valence-corrected chi connectivity index (χ0v) is 19.4. The molecule has 2 unspecified atom stereocenters. The molecule has 9 heteroatoms. The average molecular weight is 445 g/mol. The maximum absolute atomic E-state index is 11.9. The van der Waals surface area contributed by atoms with Crippen LogP contribution >= 0.6 is 0 Å². The molecule has 1 saturated heterocycles. The highest BCUT2D eigenvalue weighted by atomic mass is 16.6. The number of carbonyl (C=O) groups is 4. The first-order chi connectivity index (χ1) is 14.5. The SMILES string of the molecule is CC(=O)CCCC[C@H]1C(COC(C)C)O[C@H](COC(C)=O)C(OC(C)=O)[C@@H]1OC(C)=O. The van der Waals surface area contributed by atoms with E-state index in [1.54, 1.807) is 6.92 Å². The van der Waals surface area contributed by atoms with Crippen LogP contribution in [0.4, 0.5) is 0 Å². The number of carbonyl (C=O) groups excluding carboxylic acids is 4. The third-order valence-electron chi connectivity index (χ3n) is 4.90. The van der Waals surface area contributed by atoms with Crippen molar-refractivity contribution in [2.45, 2.75) is 97.7 Å². The largest absolute Gasteiger partial charge is 0.463 e. The first kappa shape index (κ1) is 27.0. The second kappa shape index (κ2) is 13.4. The molecular weight excluding hydrogens is 408 g/mol. The van der Waals surface area contributed by atoms with Crippen LogP contribution in [0.5, 0.6) is 0 Å². The molecule has 178 valence electrons. The van der Waals surface area contributed by atoms with E-state index in [0.717, 1.165) is 0 Å². The Balaban J connectivity index is 3.17. The number of rotatable bonds is 12. The fourth-order valence-corrected chi connectivity index (χ4v) is 3.64. The van der Waals surface area contributed by atoms with Crippen LogP contribution in [0.2, 0.25) is 0 Å². The minimum atomic E-state index is -0.936. The third-order valence-corrected chi connectivity index (χ3v) is 4.90. The zero-order chi connectivity index (χ0) is 23.6. The Labute approximate surface area is 184 Å². The van der Waals surface area contributed by atoms with Gasteiger partial charge in [0.25, 0.3) is 0 Å². The van der Waals surface area contributed by atoms with Gasteiger partial charge in [-0.2, -0.15) is 0 Å². The lowest BCUT2D eigenvalue weighted by molar-refractivity contribution is -0.242. The molecule has 0 radical (unpaired) electrons. The van der Waals surface area contributed by atoms with Crippen molar-refractivity contribution in [1.82, 2.24) is 0 Å². The van der Waals surface area contributed by atoms with Crippen LogP contribution in [-0.4, -0.2) is 67.4 Å². The van der Waals surface area contributed by atoms with Gasteiger partial charge in [-0.3, -0.25) is 14.4 Å². The number of hydrogen-bond acceptors (Lipinski definition) is 9. The van der Waals surface area contributed by atoms with E-state index >= 15 is 0 Å². The Morgan fingerprint density at radius 1 is 0.806 bits per heavy atom.